The lowest BCUT2D eigenvalue weighted by Gasteiger charge is -2.36. The highest BCUT2D eigenvalue weighted by molar-refractivity contribution is 6.30. The summed E-state index contributed by atoms with van der Waals surface area (Å²) in [7, 11) is 0. The summed E-state index contributed by atoms with van der Waals surface area (Å²) in [5.74, 6) is 1.21. The average Bonchev–Trinajstić information content (AvgIpc) is 3.21. The molecule has 0 bridgehead atoms. The first-order valence-electron chi connectivity index (χ1n) is 10.3. The maximum absolute atomic E-state index is 12.9. The van der Waals surface area contributed by atoms with Gasteiger partial charge in [-0.1, -0.05) is 72.6 Å². The Kier molecular flexibility index (Phi) is 5.83. The minimum absolute atomic E-state index is 0.145. The van der Waals surface area contributed by atoms with Crippen LogP contribution in [0.4, 0.5) is 4.79 Å². The molecule has 0 aliphatic carbocycles. The van der Waals surface area contributed by atoms with Crippen molar-refractivity contribution in [1.29, 1.82) is 0 Å². The maximum atomic E-state index is 12.9. The van der Waals surface area contributed by atoms with Gasteiger partial charge in [0.1, 0.15) is 0 Å². The number of nitrogens with zero attached hydrogens (tertiary/aromatic N) is 3. The van der Waals surface area contributed by atoms with Gasteiger partial charge in [0.25, 0.3) is 5.89 Å². The number of amides is 2. The molecule has 1 N–H and O–H groups in total. The van der Waals surface area contributed by atoms with E-state index in [-0.39, 0.29) is 6.03 Å². The molecule has 0 saturated heterocycles. The number of allylic oxidation sites excluding steroid dienone is 1. The summed E-state index contributed by atoms with van der Waals surface area (Å²) in [5, 5.41) is 7.94. The number of halogens is 1. The van der Waals surface area contributed by atoms with Gasteiger partial charge in [-0.3, -0.25) is 4.90 Å². The van der Waals surface area contributed by atoms with Crippen molar-refractivity contribution in [2.75, 3.05) is 6.54 Å². The fourth-order valence-electron chi connectivity index (χ4n) is 3.70. The predicted molar refractivity (Wildman–Crippen MR) is 121 cm³/mol. The molecule has 1 aromatic heterocycles. The van der Waals surface area contributed by atoms with Gasteiger partial charge in [-0.25, -0.2) is 4.79 Å². The van der Waals surface area contributed by atoms with E-state index in [4.69, 9.17) is 16.1 Å². The van der Waals surface area contributed by atoms with Crippen LogP contribution >= 0.6 is 11.6 Å². The first kappa shape index (κ1) is 21.1. The number of rotatable bonds is 5. The number of aromatic nitrogens is 2. The number of hydrogen-bond donors (Lipinski definition) is 1. The topological polar surface area (TPSA) is 71.3 Å². The molecule has 0 saturated carbocycles. The van der Waals surface area contributed by atoms with Crippen LogP contribution in [-0.4, -0.2) is 27.6 Å². The average molecular weight is 437 g/mol. The van der Waals surface area contributed by atoms with Crippen LogP contribution in [0.5, 0.6) is 0 Å². The molecule has 160 valence electrons. The van der Waals surface area contributed by atoms with Gasteiger partial charge in [0, 0.05) is 22.8 Å². The molecular weight excluding hydrogens is 412 g/mol. The lowest BCUT2D eigenvalue weighted by Crippen LogP contribution is -2.47. The third-order valence-electron chi connectivity index (χ3n) is 5.31. The summed E-state index contributed by atoms with van der Waals surface area (Å²) >= 11 is 6.08. The molecular formula is C24H25ClN4O2. The van der Waals surface area contributed by atoms with Gasteiger partial charge in [-0.2, -0.15) is 4.98 Å². The Morgan fingerprint density at radius 3 is 2.42 bits per heavy atom. The van der Waals surface area contributed by atoms with Gasteiger partial charge in [-0.05, 0) is 37.5 Å². The molecule has 2 heterocycles. The van der Waals surface area contributed by atoms with Crippen molar-refractivity contribution in [3.63, 3.8) is 0 Å². The smallest absolute Gasteiger partial charge is 0.322 e. The van der Waals surface area contributed by atoms with Crippen LogP contribution in [0, 0.1) is 12.8 Å². The Morgan fingerprint density at radius 2 is 1.77 bits per heavy atom. The molecule has 6 nitrogen and oxygen atoms in total. The Balaban J connectivity index is 1.80. The summed E-state index contributed by atoms with van der Waals surface area (Å²) in [6.07, 6.45) is 0. The van der Waals surface area contributed by atoms with Crippen LogP contribution < -0.4 is 5.32 Å². The van der Waals surface area contributed by atoms with E-state index in [9.17, 15) is 4.79 Å². The summed E-state index contributed by atoms with van der Waals surface area (Å²) < 4.78 is 5.70. The zero-order chi connectivity index (χ0) is 22.1. The minimum atomic E-state index is -0.417. The second-order valence-corrected chi connectivity index (χ2v) is 8.66. The number of hydrogen-bond acceptors (Lipinski definition) is 4. The number of aryl methyl sites for hydroxylation is 1. The highest BCUT2D eigenvalue weighted by Crippen LogP contribution is 2.37. The number of nitrogens with one attached hydrogen (secondary N) is 1. The molecule has 2 aromatic carbocycles. The number of carbonyl (C=O) groups excluding carboxylic acids is 1. The van der Waals surface area contributed by atoms with Gasteiger partial charge in [0.2, 0.25) is 5.82 Å². The zero-order valence-electron chi connectivity index (χ0n) is 18.0. The molecule has 0 fully saturated rings. The molecule has 1 unspecified atom stereocenters. The Labute approximate surface area is 186 Å². The van der Waals surface area contributed by atoms with Crippen molar-refractivity contribution < 1.29 is 9.32 Å². The first-order chi connectivity index (χ1) is 14.8. The predicted octanol–water partition coefficient (Wildman–Crippen LogP) is 5.85. The van der Waals surface area contributed by atoms with Crippen molar-refractivity contribution in [1.82, 2.24) is 20.4 Å². The van der Waals surface area contributed by atoms with Crippen LogP contribution in [0.1, 0.15) is 43.8 Å². The van der Waals surface area contributed by atoms with E-state index in [1.807, 2.05) is 62.4 Å². The Morgan fingerprint density at radius 1 is 1.10 bits per heavy atom. The lowest BCUT2D eigenvalue weighted by molar-refractivity contribution is 0.199. The highest BCUT2D eigenvalue weighted by atomic mass is 35.5. The fourth-order valence-corrected chi connectivity index (χ4v) is 3.83. The summed E-state index contributed by atoms with van der Waals surface area (Å²) in [6.45, 7) is 8.70. The van der Waals surface area contributed by atoms with E-state index in [1.165, 1.54) is 0 Å². The maximum Gasteiger partial charge on any atom is 0.322 e. The molecule has 1 atom stereocenters. The zero-order valence-corrected chi connectivity index (χ0v) is 18.8. The third kappa shape index (κ3) is 4.35. The van der Waals surface area contributed by atoms with Crippen molar-refractivity contribution in [3.05, 3.63) is 76.3 Å². The SMILES string of the molecule is CC1=C(c2nc(-c3ccc(C)cc3)no2)C(c2ccc(Cl)cc2)NC(=O)N1CC(C)C. The molecule has 3 aromatic rings. The summed E-state index contributed by atoms with van der Waals surface area (Å²) in [4.78, 5) is 19.3. The van der Waals surface area contributed by atoms with Crippen molar-refractivity contribution >= 4 is 23.2 Å². The van der Waals surface area contributed by atoms with Crippen LogP contribution in [0.3, 0.4) is 0 Å². The Hall–Kier alpha value is -3.12. The molecule has 1 aliphatic rings. The molecule has 7 heteroatoms. The summed E-state index contributed by atoms with van der Waals surface area (Å²) in [5.41, 5.74) is 4.52. The van der Waals surface area contributed by atoms with Gasteiger partial charge in [0.05, 0.1) is 11.6 Å². The van der Waals surface area contributed by atoms with Crippen LogP contribution in [-0.2, 0) is 0 Å². The van der Waals surface area contributed by atoms with Gasteiger partial charge >= 0.3 is 6.03 Å². The molecule has 1 aliphatic heterocycles. The molecule has 2 amide bonds. The second-order valence-electron chi connectivity index (χ2n) is 8.23. The van der Waals surface area contributed by atoms with Gasteiger partial charge in [-0.15, -0.1) is 0 Å². The normalized spacial score (nSPS) is 16.8. The fraction of sp³-hybridized carbons (Fsp3) is 0.292. The van der Waals surface area contributed by atoms with E-state index < -0.39 is 6.04 Å². The van der Waals surface area contributed by atoms with Crippen LogP contribution in [0.15, 0.2) is 58.8 Å². The van der Waals surface area contributed by atoms with E-state index in [1.54, 1.807) is 4.90 Å². The quantitative estimate of drug-likeness (QED) is 0.544. The summed E-state index contributed by atoms with van der Waals surface area (Å²) in [6, 6.07) is 14.8. The van der Waals surface area contributed by atoms with E-state index in [0.717, 1.165) is 28.0 Å². The number of carbonyl (C=O) groups is 1. The van der Waals surface area contributed by atoms with Gasteiger partial charge < -0.3 is 9.84 Å². The second kappa shape index (κ2) is 8.55. The molecule has 31 heavy (non-hydrogen) atoms. The first-order valence-corrected chi connectivity index (χ1v) is 10.7. The Bertz CT molecular complexity index is 1120. The number of urea groups is 1. The van der Waals surface area contributed by atoms with Crippen LogP contribution in [0.2, 0.25) is 5.02 Å². The van der Waals surface area contributed by atoms with Crippen molar-refractivity contribution in [3.8, 4) is 11.4 Å². The molecule has 4 rings (SSSR count). The largest absolute Gasteiger partial charge is 0.334 e. The number of benzene rings is 2. The molecule has 0 spiro atoms. The monoisotopic (exact) mass is 436 g/mol. The van der Waals surface area contributed by atoms with E-state index >= 15 is 0 Å². The third-order valence-corrected chi connectivity index (χ3v) is 5.57. The lowest BCUT2D eigenvalue weighted by atomic mass is 9.94. The highest BCUT2D eigenvalue weighted by Gasteiger charge is 2.35. The van der Waals surface area contributed by atoms with Crippen molar-refractivity contribution in [2.24, 2.45) is 5.92 Å². The van der Waals surface area contributed by atoms with E-state index in [2.05, 4.69) is 29.3 Å². The standard InChI is InChI=1S/C24H25ClN4O2/c1-14(2)13-29-16(4)20(21(26-24(29)30)17-9-11-19(25)12-10-17)23-27-22(28-31-23)18-7-5-15(3)6-8-18/h5-12,14,21H,13H2,1-4H3,(H,26,30). The van der Waals surface area contributed by atoms with E-state index in [0.29, 0.717) is 29.2 Å². The molecule has 0 radical (unpaired) electrons. The minimum Gasteiger partial charge on any atom is -0.334 e. The van der Waals surface area contributed by atoms with Crippen molar-refractivity contribution in [2.45, 2.75) is 33.7 Å². The van der Waals surface area contributed by atoms with Gasteiger partial charge in [0.15, 0.2) is 0 Å². The van der Waals surface area contributed by atoms with Crippen LogP contribution in [0.25, 0.3) is 17.0 Å².